The van der Waals surface area contributed by atoms with Crippen molar-refractivity contribution in [3.8, 4) is 0 Å². The van der Waals surface area contributed by atoms with Crippen LogP contribution in [0.1, 0.15) is 51.2 Å². The van der Waals surface area contributed by atoms with E-state index in [1.807, 2.05) is 24.3 Å². The van der Waals surface area contributed by atoms with E-state index in [1.165, 1.54) is 19.3 Å². The number of halogens is 1. The van der Waals surface area contributed by atoms with E-state index in [1.54, 1.807) is 0 Å². The molecule has 2 N–H and O–H groups in total. The molecular formula is C16H26ClNO. The summed E-state index contributed by atoms with van der Waals surface area (Å²) in [6, 6.07) is 7.77. The van der Waals surface area contributed by atoms with Crippen molar-refractivity contribution in [3.05, 3.63) is 34.9 Å². The van der Waals surface area contributed by atoms with Crippen molar-refractivity contribution in [2.75, 3.05) is 13.2 Å². The second-order valence-electron chi connectivity index (χ2n) is 5.03. The van der Waals surface area contributed by atoms with E-state index < -0.39 is 0 Å². The van der Waals surface area contributed by atoms with Crippen LogP contribution in [0.15, 0.2) is 24.3 Å². The summed E-state index contributed by atoms with van der Waals surface area (Å²) in [6.45, 7) is 5.72. The average Bonchev–Trinajstić information content (AvgIpc) is 2.43. The van der Waals surface area contributed by atoms with E-state index in [2.05, 4.69) is 13.8 Å². The van der Waals surface area contributed by atoms with Gasteiger partial charge >= 0.3 is 0 Å². The molecule has 19 heavy (non-hydrogen) atoms. The standard InChI is InChI=1S/C16H26ClNO/c1-3-5-7-13(4-2)12-19-16(11-18)14-8-6-9-15(17)10-14/h6,8-10,13,16H,3-5,7,11-12,18H2,1-2H3. The van der Waals surface area contributed by atoms with E-state index in [-0.39, 0.29) is 6.10 Å². The second-order valence-corrected chi connectivity index (χ2v) is 5.47. The van der Waals surface area contributed by atoms with Crippen molar-refractivity contribution in [3.63, 3.8) is 0 Å². The predicted molar refractivity (Wildman–Crippen MR) is 82.5 cm³/mol. The van der Waals surface area contributed by atoms with Crippen LogP contribution in [0.3, 0.4) is 0 Å². The molecule has 1 aromatic rings. The van der Waals surface area contributed by atoms with Gasteiger partial charge in [-0.15, -0.1) is 0 Å². The van der Waals surface area contributed by atoms with Gasteiger partial charge in [0.25, 0.3) is 0 Å². The maximum atomic E-state index is 6.01. The predicted octanol–water partition coefficient (Wildman–Crippen LogP) is 4.57. The highest BCUT2D eigenvalue weighted by atomic mass is 35.5. The molecule has 108 valence electrons. The summed E-state index contributed by atoms with van der Waals surface area (Å²) in [5.41, 5.74) is 6.88. The average molecular weight is 284 g/mol. The van der Waals surface area contributed by atoms with Crippen LogP contribution in [0.5, 0.6) is 0 Å². The Balaban J connectivity index is 2.52. The van der Waals surface area contributed by atoms with Crippen molar-refractivity contribution in [1.82, 2.24) is 0 Å². The molecule has 0 spiro atoms. The summed E-state index contributed by atoms with van der Waals surface area (Å²) in [5, 5.41) is 0.734. The molecule has 3 heteroatoms. The lowest BCUT2D eigenvalue weighted by Gasteiger charge is -2.21. The highest BCUT2D eigenvalue weighted by molar-refractivity contribution is 6.30. The Labute approximate surface area is 122 Å². The summed E-state index contributed by atoms with van der Waals surface area (Å²) in [7, 11) is 0. The minimum absolute atomic E-state index is 0.0469. The largest absolute Gasteiger partial charge is 0.372 e. The smallest absolute Gasteiger partial charge is 0.0947 e. The van der Waals surface area contributed by atoms with E-state index in [0.29, 0.717) is 12.5 Å². The number of hydrogen-bond donors (Lipinski definition) is 1. The van der Waals surface area contributed by atoms with Crippen LogP contribution in [0, 0.1) is 5.92 Å². The van der Waals surface area contributed by atoms with Gasteiger partial charge in [0.1, 0.15) is 0 Å². The van der Waals surface area contributed by atoms with Gasteiger partial charge in [0.15, 0.2) is 0 Å². The van der Waals surface area contributed by atoms with Crippen LogP contribution >= 0.6 is 11.6 Å². The molecule has 0 fully saturated rings. The lowest BCUT2D eigenvalue weighted by atomic mass is 10.0. The number of benzene rings is 1. The van der Waals surface area contributed by atoms with E-state index >= 15 is 0 Å². The quantitative estimate of drug-likeness (QED) is 0.720. The van der Waals surface area contributed by atoms with Gasteiger partial charge < -0.3 is 10.5 Å². The number of ether oxygens (including phenoxy) is 1. The first kappa shape index (κ1) is 16.5. The SMILES string of the molecule is CCCCC(CC)COC(CN)c1cccc(Cl)c1. The number of unbranched alkanes of at least 4 members (excludes halogenated alkanes) is 1. The molecule has 0 aromatic heterocycles. The van der Waals surface area contributed by atoms with Gasteiger partial charge in [-0.25, -0.2) is 0 Å². The summed E-state index contributed by atoms with van der Waals surface area (Å²) in [4.78, 5) is 0. The Morgan fingerprint density at radius 2 is 2.11 bits per heavy atom. The fourth-order valence-corrected chi connectivity index (χ4v) is 2.36. The monoisotopic (exact) mass is 283 g/mol. The minimum Gasteiger partial charge on any atom is -0.372 e. The molecule has 0 amide bonds. The third-order valence-electron chi connectivity index (χ3n) is 3.51. The molecule has 0 aliphatic carbocycles. The van der Waals surface area contributed by atoms with E-state index in [9.17, 15) is 0 Å². The normalized spacial score (nSPS) is 14.3. The molecule has 0 aliphatic rings. The van der Waals surface area contributed by atoms with Gasteiger partial charge in [0.05, 0.1) is 12.7 Å². The van der Waals surface area contributed by atoms with Crippen LogP contribution in [0.25, 0.3) is 0 Å². The minimum atomic E-state index is -0.0469. The van der Waals surface area contributed by atoms with Gasteiger partial charge in [-0.05, 0) is 30.0 Å². The Kier molecular flexibility index (Phi) is 8.11. The lowest BCUT2D eigenvalue weighted by Crippen LogP contribution is -2.19. The molecule has 0 saturated carbocycles. The molecule has 0 saturated heterocycles. The summed E-state index contributed by atoms with van der Waals surface area (Å²) < 4.78 is 6.00. The van der Waals surface area contributed by atoms with Crippen LogP contribution in [-0.4, -0.2) is 13.2 Å². The highest BCUT2D eigenvalue weighted by Crippen LogP contribution is 2.22. The van der Waals surface area contributed by atoms with Crippen molar-refractivity contribution in [1.29, 1.82) is 0 Å². The Bertz CT molecular complexity index is 356. The molecule has 0 bridgehead atoms. The number of rotatable bonds is 9. The maximum absolute atomic E-state index is 6.01. The zero-order chi connectivity index (χ0) is 14.1. The van der Waals surface area contributed by atoms with Crippen molar-refractivity contribution < 1.29 is 4.74 Å². The molecule has 2 unspecified atom stereocenters. The molecule has 1 rings (SSSR count). The van der Waals surface area contributed by atoms with Gasteiger partial charge in [-0.1, -0.05) is 56.8 Å². The third kappa shape index (κ3) is 5.94. The maximum Gasteiger partial charge on any atom is 0.0947 e. The molecule has 0 aliphatic heterocycles. The first-order valence-corrected chi connectivity index (χ1v) is 7.66. The topological polar surface area (TPSA) is 35.2 Å². The lowest BCUT2D eigenvalue weighted by molar-refractivity contribution is 0.0299. The fourth-order valence-electron chi connectivity index (χ4n) is 2.16. The Morgan fingerprint density at radius 3 is 2.68 bits per heavy atom. The number of nitrogens with two attached hydrogens (primary N) is 1. The zero-order valence-corrected chi connectivity index (χ0v) is 12.8. The Morgan fingerprint density at radius 1 is 1.32 bits per heavy atom. The van der Waals surface area contributed by atoms with E-state index in [4.69, 9.17) is 22.1 Å². The molecule has 2 atom stereocenters. The van der Waals surface area contributed by atoms with Crippen LogP contribution in [0.2, 0.25) is 5.02 Å². The van der Waals surface area contributed by atoms with E-state index in [0.717, 1.165) is 23.6 Å². The summed E-state index contributed by atoms with van der Waals surface area (Å²) >= 11 is 6.01. The summed E-state index contributed by atoms with van der Waals surface area (Å²) in [6.07, 6.45) is 4.86. The van der Waals surface area contributed by atoms with Gasteiger partial charge in [-0.2, -0.15) is 0 Å². The fraction of sp³-hybridized carbons (Fsp3) is 0.625. The summed E-state index contributed by atoms with van der Waals surface area (Å²) in [5.74, 6) is 0.633. The zero-order valence-electron chi connectivity index (χ0n) is 12.1. The first-order chi connectivity index (χ1) is 9.21. The van der Waals surface area contributed by atoms with Crippen molar-refractivity contribution >= 4 is 11.6 Å². The Hall–Kier alpha value is -0.570. The molecular weight excluding hydrogens is 258 g/mol. The first-order valence-electron chi connectivity index (χ1n) is 7.28. The van der Waals surface area contributed by atoms with Crippen molar-refractivity contribution in [2.45, 2.75) is 45.6 Å². The van der Waals surface area contributed by atoms with Crippen LogP contribution in [0.4, 0.5) is 0 Å². The van der Waals surface area contributed by atoms with Crippen LogP contribution < -0.4 is 5.73 Å². The highest BCUT2D eigenvalue weighted by Gasteiger charge is 2.13. The van der Waals surface area contributed by atoms with Crippen LogP contribution in [-0.2, 0) is 4.74 Å². The third-order valence-corrected chi connectivity index (χ3v) is 3.75. The van der Waals surface area contributed by atoms with Crippen molar-refractivity contribution in [2.24, 2.45) is 11.7 Å². The molecule has 0 heterocycles. The van der Waals surface area contributed by atoms with Gasteiger partial charge in [-0.3, -0.25) is 0 Å². The second kappa shape index (κ2) is 9.35. The number of hydrogen-bond acceptors (Lipinski definition) is 2. The molecule has 1 aromatic carbocycles. The molecule has 2 nitrogen and oxygen atoms in total. The van der Waals surface area contributed by atoms with Gasteiger partial charge in [0, 0.05) is 11.6 Å². The molecule has 0 radical (unpaired) electrons. The van der Waals surface area contributed by atoms with Gasteiger partial charge in [0.2, 0.25) is 0 Å².